The van der Waals surface area contributed by atoms with Gasteiger partial charge in [0.05, 0.1) is 17.9 Å². The summed E-state index contributed by atoms with van der Waals surface area (Å²) >= 11 is 1.19. The quantitative estimate of drug-likeness (QED) is 0.449. The molecule has 0 saturated carbocycles. The molecule has 9 heteroatoms. The summed E-state index contributed by atoms with van der Waals surface area (Å²) in [6, 6.07) is 11.5. The van der Waals surface area contributed by atoms with Gasteiger partial charge in [0.25, 0.3) is 5.22 Å². The highest BCUT2D eigenvalue weighted by Crippen LogP contribution is 2.23. The van der Waals surface area contributed by atoms with Gasteiger partial charge in [0, 0.05) is 49.9 Å². The maximum atomic E-state index is 12.3. The number of carbonyl (C=O) groups excluding carboxylic acids is 1. The van der Waals surface area contributed by atoms with Gasteiger partial charge in [-0.2, -0.15) is 0 Å². The predicted octanol–water partition coefficient (Wildman–Crippen LogP) is 2.62. The number of nitrogens with one attached hydrogen (secondary N) is 1. The number of rotatable bonds is 7. The van der Waals surface area contributed by atoms with Crippen molar-refractivity contribution < 1.29 is 9.21 Å². The van der Waals surface area contributed by atoms with Crippen molar-refractivity contribution in [3.63, 3.8) is 0 Å². The molecule has 3 heterocycles. The van der Waals surface area contributed by atoms with Gasteiger partial charge in [-0.25, -0.2) is 0 Å². The fourth-order valence-corrected chi connectivity index (χ4v) is 3.81. The van der Waals surface area contributed by atoms with E-state index in [4.69, 9.17) is 10.8 Å². The minimum Gasteiger partial charge on any atom is -0.411 e. The summed E-state index contributed by atoms with van der Waals surface area (Å²) in [6.45, 7) is 4.49. The van der Waals surface area contributed by atoms with E-state index >= 15 is 0 Å². The lowest BCUT2D eigenvalue weighted by Gasteiger charge is -2.35. The first-order valence-electron chi connectivity index (χ1n) is 9.88. The Morgan fingerprint density at radius 1 is 1.16 bits per heavy atom. The maximum absolute atomic E-state index is 12.3. The molecule has 0 radical (unpaired) electrons. The van der Waals surface area contributed by atoms with Crippen molar-refractivity contribution in [1.82, 2.24) is 20.1 Å². The number of amides is 1. The first kappa shape index (κ1) is 20.9. The van der Waals surface area contributed by atoms with Crippen LogP contribution in [0.2, 0.25) is 0 Å². The second kappa shape index (κ2) is 10.1. The lowest BCUT2D eigenvalue weighted by Crippen LogP contribution is -2.46. The number of hydrogen-bond acceptors (Lipinski definition) is 8. The van der Waals surface area contributed by atoms with Crippen molar-refractivity contribution in [2.75, 3.05) is 48.7 Å². The summed E-state index contributed by atoms with van der Waals surface area (Å²) in [6.07, 6.45) is 8.71. The second-order valence-electron chi connectivity index (χ2n) is 6.97. The van der Waals surface area contributed by atoms with Crippen LogP contribution in [0, 0.1) is 12.3 Å². The molecule has 1 aliphatic rings. The van der Waals surface area contributed by atoms with Gasteiger partial charge in [-0.1, -0.05) is 17.7 Å². The summed E-state index contributed by atoms with van der Waals surface area (Å²) in [5.41, 5.74) is 2.63. The number of benzene rings is 1. The van der Waals surface area contributed by atoms with E-state index in [0.29, 0.717) is 17.7 Å². The third-order valence-electron chi connectivity index (χ3n) is 4.85. The number of piperazine rings is 1. The van der Waals surface area contributed by atoms with Crippen LogP contribution in [0.25, 0.3) is 11.5 Å². The van der Waals surface area contributed by atoms with E-state index < -0.39 is 0 Å². The number of nitrogens with zero attached hydrogens (tertiary/aromatic N) is 5. The van der Waals surface area contributed by atoms with Crippen LogP contribution in [0.5, 0.6) is 0 Å². The average Bonchev–Trinajstić information content (AvgIpc) is 3.29. The molecule has 0 spiro atoms. The number of carbonyl (C=O) groups is 1. The molecular weight excluding hydrogens is 412 g/mol. The molecule has 4 rings (SSSR count). The molecule has 1 aliphatic heterocycles. The van der Waals surface area contributed by atoms with E-state index in [2.05, 4.69) is 36.2 Å². The number of thioether (sulfide) groups is 1. The van der Waals surface area contributed by atoms with Gasteiger partial charge in [0.2, 0.25) is 11.8 Å². The maximum Gasteiger partial charge on any atom is 0.277 e. The monoisotopic (exact) mass is 434 g/mol. The molecule has 31 heavy (non-hydrogen) atoms. The van der Waals surface area contributed by atoms with E-state index in [1.807, 2.05) is 30.3 Å². The predicted molar refractivity (Wildman–Crippen MR) is 121 cm³/mol. The van der Waals surface area contributed by atoms with Gasteiger partial charge in [0.15, 0.2) is 0 Å². The van der Waals surface area contributed by atoms with E-state index in [-0.39, 0.29) is 11.7 Å². The van der Waals surface area contributed by atoms with Gasteiger partial charge in [0.1, 0.15) is 0 Å². The summed E-state index contributed by atoms with van der Waals surface area (Å²) in [7, 11) is 0. The minimum atomic E-state index is -0.137. The summed E-state index contributed by atoms with van der Waals surface area (Å²) in [4.78, 5) is 20.9. The van der Waals surface area contributed by atoms with Crippen LogP contribution in [-0.2, 0) is 4.79 Å². The van der Waals surface area contributed by atoms with E-state index in [1.165, 1.54) is 11.8 Å². The molecule has 0 aliphatic carbocycles. The van der Waals surface area contributed by atoms with Gasteiger partial charge in [-0.05, 0) is 36.4 Å². The van der Waals surface area contributed by atoms with Crippen LogP contribution in [0.3, 0.4) is 0 Å². The largest absolute Gasteiger partial charge is 0.411 e. The van der Waals surface area contributed by atoms with Crippen LogP contribution in [0.15, 0.2) is 58.4 Å². The standard InChI is InChI=1S/C22H22N6O2S/c1-2-10-27-11-13-28(14-12-27)19-7-5-18(6-8-19)24-20(29)16-31-22-26-25-21(30-22)17-4-3-9-23-15-17/h1,3-9,15H,10-14,16H2,(H,24,29). The fraction of sp³-hybridized carbons (Fsp3) is 0.273. The normalized spacial score (nSPS) is 14.2. The van der Waals surface area contributed by atoms with Crippen molar-refractivity contribution in [2.45, 2.75) is 5.22 Å². The third-order valence-corrected chi connectivity index (χ3v) is 5.66. The minimum absolute atomic E-state index is 0.137. The van der Waals surface area contributed by atoms with Crippen LogP contribution >= 0.6 is 11.8 Å². The zero-order valence-corrected chi connectivity index (χ0v) is 17.7. The van der Waals surface area contributed by atoms with Gasteiger partial charge in [-0.3, -0.25) is 14.7 Å². The smallest absolute Gasteiger partial charge is 0.277 e. The number of aromatic nitrogens is 3. The Hall–Kier alpha value is -3.35. The lowest BCUT2D eigenvalue weighted by molar-refractivity contribution is -0.113. The summed E-state index contributed by atoms with van der Waals surface area (Å²) < 4.78 is 5.58. The highest BCUT2D eigenvalue weighted by Gasteiger charge is 2.16. The zero-order valence-electron chi connectivity index (χ0n) is 16.9. The number of pyridine rings is 1. The molecule has 158 valence electrons. The Morgan fingerprint density at radius 3 is 2.68 bits per heavy atom. The molecule has 1 amide bonds. The molecule has 0 unspecified atom stereocenters. The first-order valence-corrected chi connectivity index (χ1v) is 10.9. The summed E-state index contributed by atoms with van der Waals surface area (Å²) in [5.74, 6) is 3.11. The molecule has 0 atom stereocenters. The molecule has 1 saturated heterocycles. The summed E-state index contributed by atoms with van der Waals surface area (Å²) in [5, 5.41) is 11.2. The molecule has 0 bridgehead atoms. The molecule has 1 N–H and O–H groups in total. The van der Waals surface area contributed by atoms with E-state index in [0.717, 1.165) is 43.1 Å². The molecule has 8 nitrogen and oxygen atoms in total. The number of terminal acetylenes is 1. The zero-order chi connectivity index (χ0) is 21.5. The van der Waals surface area contributed by atoms with Crippen molar-refractivity contribution in [3.8, 4) is 23.8 Å². The molecule has 3 aromatic rings. The molecule has 2 aromatic heterocycles. The Labute approximate surface area is 185 Å². The Kier molecular flexibility index (Phi) is 6.82. The Morgan fingerprint density at radius 2 is 1.97 bits per heavy atom. The highest BCUT2D eigenvalue weighted by atomic mass is 32.2. The topological polar surface area (TPSA) is 87.4 Å². The lowest BCUT2D eigenvalue weighted by atomic mass is 10.2. The second-order valence-corrected chi connectivity index (χ2v) is 7.89. The van der Waals surface area contributed by atoms with Crippen molar-refractivity contribution in [1.29, 1.82) is 0 Å². The molecular formula is C22H22N6O2S. The van der Waals surface area contributed by atoms with Crippen LogP contribution in [-0.4, -0.2) is 64.5 Å². The first-order chi connectivity index (χ1) is 15.2. The SMILES string of the molecule is C#CCN1CCN(c2ccc(NC(=O)CSc3nnc(-c4cccnc4)o3)cc2)CC1. The number of hydrogen-bond donors (Lipinski definition) is 1. The fourth-order valence-electron chi connectivity index (χ4n) is 3.25. The Balaban J connectivity index is 1.25. The number of anilines is 2. The van der Waals surface area contributed by atoms with Crippen LogP contribution in [0.1, 0.15) is 0 Å². The van der Waals surface area contributed by atoms with Crippen molar-refractivity contribution in [2.24, 2.45) is 0 Å². The van der Waals surface area contributed by atoms with Crippen LogP contribution < -0.4 is 10.2 Å². The van der Waals surface area contributed by atoms with Gasteiger partial charge < -0.3 is 14.6 Å². The van der Waals surface area contributed by atoms with Crippen molar-refractivity contribution in [3.05, 3.63) is 48.8 Å². The van der Waals surface area contributed by atoms with Crippen LogP contribution in [0.4, 0.5) is 11.4 Å². The molecule has 1 fully saturated rings. The average molecular weight is 435 g/mol. The highest BCUT2D eigenvalue weighted by molar-refractivity contribution is 7.99. The molecule has 1 aromatic carbocycles. The van der Waals surface area contributed by atoms with Crippen molar-refractivity contribution >= 4 is 29.0 Å². The van der Waals surface area contributed by atoms with E-state index in [9.17, 15) is 4.79 Å². The Bertz CT molecular complexity index is 1040. The van der Waals surface area contributed by atoms with Gasteiger partial charge >= 0.3 is 0 Å². The third kappa shape index (κ3) is 5.63. The van der Waals surface area contributed by atoms with E-state index in [1.54, 1.807) is 18.5 Å². The van der Waals surface area contributed by atoms with Gasteiger partial charge in [-0.15, -0.1) is 16.6 Å².